The smallest absolute Gasteiger partial charge is 0.262 e. The Balaban J connectivity index is 2.19. The van der Waals surface area contributed by atoms with E-state index >= 15 is 0 Å². The predicted octanol–water partition coefficient (Wildman–Crippen LogP) is 3.06. The number of nitro groups is 1. The van der Waals surface area contributed by atoms with Gasteiger partial charge in [-0.1, -0.05) is 35.5 Å². The average molecular weight is 313 g/mol. The van der Waals surface area contributed by atoms with Gasteiger partial charge in [-0.3, -0.25) is 19.3 Å². The molecule has 110 valence electrons. The monoisotopic (exact) mass is 313 g/mol. The van der Waals surface area contributed by atoms with Crippen LogP contribution < -0.4 is 5.56 Å². The fraction of sp³-hybridized carbons (Fsp3) is 0.0667. The van der Waals surface area contributed by atoms with Crippen molar-refractivity contribution in [3.05, 3.63) is 74.7 Å². The third-order valence-corrected chi connectivity index (χ3v) is 4.08. The van der Waals surface area contributed by atoms with Crippen LogP contribution in [0.15, 0.2) is 63.4 Å². The Morgan fingerprint density at radius 1 is 1.18 bits per heavy atom. The quantitative estimate of drug-likeness (QED) is 0.422. The number of hydrogen-bond donors (Lipinski definition) is 0. The van der Waals surface area contributed by atoms with Crippen LogP contribution >= 0.6 is 11.8 Å². The summed E-state index contributed by atoms with van der Waals surface area (Å²) < 4.78 is 1.18. The molecule has 0 radical (unpaired) electrons. The highest BCUT2D eigenvalue weighted by molar-refractivity contribution is 7.99. The summed E-state index contributed by atoms with van der Waals surface area (Å²) in [5, 5.41) is 11.4. The molecule has 0 unspecified atom stereocenters. The van der Waals surface area contributed by atoms with Crippen molar-refractivity contribution in [2.24, 2.45) is 0 Å². The second-order valence-electron chi connectivity index (χ2n) is 4.67. The first kappa shape index (κ1) is 14.3. The molecule has 1 aromatic carbocycles. The minimum Gasteiger partial charge on any atom is -0.262 e. The van der Waals surface area contributed by atoms with Crippen LogP contribution in [0.5, 0.6) is 0 Å². The van der Waals surface area contributed by atoms with Crippen molar-refractivity contribution in [2.75, 3.05) is 0 Å². The van der Waals surface area contributed by atoms with Crippen LogP contribution in [-0.2, 0) is 0 Å². The molecule has 3 aromatic rings. The Bertz CT molecular complexity index is 919. The molecule has 0 spiro atoms. The maximum Gasteiger partial charge on any atom is 0.366 e. The maximum atomic E-state index is 12.3. The van der Waals surface area contributed by atoms with E-state index in [4.69, 9.17) is 0 Å². The molecule has 0 fully saturated rings. The highest BCUT2D eigenvalue weighted by Crippen LogP contribution is 2.31. The van der Waals surface area contributed by atoms with Crippen molar-refractivity contribution in [3.8, 4) is 0 Å². The first-order valence-corrected chi connectivity index (χ1v) is 7.28. The van der Waals surface area contributed by atoms with Crippen LogP contribution in [0.3, 0.4) is 0 Å². The fourth-order valence-electron chi connectivity index (χ4n) is 2.00. The molecule has 2 aromatic heterocycles. The molecule has 22 heavy (non-hydrogen) atoms. The molecule has 6 nitrogen and oxygen atoms in total. The summed E-state index contributed by atoms with van der Waals surface area (Å²) in [4.78, 5) is 27.9. The van der Waals surface area contributed by atoms with Crippen molar-refractivity contribution < 1.29 is 4.92 Å². The van der Waals surface area contributed by atoms with Gasteiger partial charge in [0.2, 0.25) is 0 Å². The lowest BCUT2D eigenvalue weighted by Crippen LogP contribution is -2.19. The molecule has 7 heteroatoms. The molecule has 0 aliphatic carbocycles. The van der Waals surface area contributed by atoms with E-state index in [-0.39, 0.29) is 5.03 Å². The lowest BCUT2D eigenvalue weighted by atomic mass is 10.2. The van der Waals surface area contributed by atoms with Gasteiger partial charge >= 0.3 is 11.2 Å². The van der Waals surface area contributed by atoms with E-state index in [0.29, 0.717) is 5.65 Å². The van der Waals surface area contributed by atoms with Crippen LogP contribution in [-0.4, -0.2) is 14.3 Å². The van der Waals surface area contributed by atoms with E-state index in [0.717, 1.165) is 22.2 Å². The van der Waals surface area contributed by atoms with Crippen LogP contribution in [0.4, 0.5) is 5.69 Å². The van der Waals surface area contributed by atoms with E-state index in [2.05, 4.69) is 4.98 Å². The van der Waals surface area contributed by atoms with E-state index in [1.54, 1.807) is 18.2 Å². The SMILES string of the molecule is Cc1ccc(Sc2nc3ccccn3c(=O)c2[N+](=O)[O-])cc1. The van der Waals surface area contributed by atoms with Gasteiger partial charge in [0.25, 0.3) is 0 Å². The van der Waals surface area contributed by atoms with Gasteiger partial charge in [0.1, 0.15) is 5.65 Å². The van der Waals surface area contributed by atoms with Gasteiger partial charge < -0.3 is 0 Å². The lowest BCUT2D eigenvalue weighted by Gasteiger charge is -2.05. The van der Waals surface area contributed by atoms with Crippen molar-refractivity contribution in [3.63, 3.8) is 0 Å². The molecule has 0 aliphatic heterocycles. The second-order valence-corrected chi connectivity index (χ2v) is 5.73. The number of hydrogen-bond acceptors (Lipinski definition) is 5. The van der Waals surface area contributed by atoms with Gasteiger partial charge in [-0.25, -0.2) is 4.98 Å². The van der Waals surface area contributed by atoms with Gasteiger partial charge in [-0.2, -0.15) is 0 Å². The molecule has 3 rings (SSSR count). The molecular weight excluding hydrogens is 302 g/mol. The number of rotatable bonds is 3. The summed E-state index contributed by atoms with van der Waals surface area (Å²) in [6, 6.07) is 12.5. The Hall–Kier alpha value is -2.67. The molecule has 0 saturated carbocycles. The zero-order valence-corrected chi connectivity index (χ0v) is 12.4. The third kappa shape index (κ3) is 2.58. The number of aryl methyl sites for hydroxylation is 1. The van der Waals surface area contributed by atoms with Crippen LogP contribution in [0.25, 0.3) is 5.65 Å². The van der Waals surface area contributed by atoms with Gasteiger partial charge in [0, 0.05) is 11.1 Å². The molecule has 0 saturated heterocycles. The average Bonchev–Trinajstić information content (AvgIpc) is 2.49. The molecule has 0 atom stereocenters. The highest BCUT2D eigenvalue weighted by atomic mass is 32.2. The summed E-state index contributed by atoms with van der Waals surface area (Å²) in [7, 11) is 0. The number of pyridine rings is 1. The minimum atomic E-state index is -0.676. The van der Waals surface area contributed by atoms with Gasteiger partial charge in [-0.15, -0.1) is 0 Å². The van der Waals surface area contributed by atoms with E-state index < -0.39 is 16.2 Å². The van der Waals surface area contributed by atoms with Gasteiger partial charge in [0.15, 0.2) is 5.03 Å². The second kappa shape index (κ2) is 5.61. The van der Waals surface area contributed by atoms with Crippen LogP contribution in [0, 0.1) is 17.0 Å². The van der Waals surface area contributed by atoms with Crippen molar-refractivity contribution in [2.45, 2.75) is 16.8 Å². The van der Waals surface area contributed by atoms with E-state index in [1.807, 2.05) is 31.2 Å². The highest BCUT2D eigenvalue weighted by Gasteiger charge is 2.24. The number of nitrogens with zero attached hydrogens (tertiary/aromatic N) is 3. The molecule has 0 amide bonds. The van der Waals surface area contributed by atoms with Crippen molar-refractivity contribution in [1.29, 1.82) is 0 Å². The Morgan fingerprint density at radius 2 is 1.91 bits per heavy atom. The normalized spacial score (nSPS) is 10.8. The van der Waals surface area contributed by atoms with Gasteiger partial charge in [-0.05, 0) is 31.2 Å². The number of benzene rings is 1. The summed E-state index contributed by atoms with van der Waals surface area (Å²) in [6.07, 6.45) is 1.47. The van der Waals surface area contributed by atoms with E-state index in [9.17, 15) is 14.9 Å². The summed E-state index contributed by atoms with van der Waals surface area (Å²) in [5.41, 5.74) is 0.289. The maximum absolute atomic E-state index is 12.3. The van der Waals surface area contributed by atoms with E-state index in [1.165, 1.54) is 10.6 Å². The standard InChI is InChI=1S/C15H11N3O3S/c1-10-5-7-11(8-6-10)22-14-13(18(20)21)15(19)17-9-3-2-4-12(17)16-14/h2-9H,1H3. The van der Waals surface area contributed by atoms with Crippen LogP contribution in [0.1, 0.15) is 5.56 Å². The first-order chi connectivity index (χ1) is 10.6. The zero-order valence-electron chi connectivity index (χ0n) is 11.6. The Kier molecular flexibility index (Phi) is 3.64. The fourth-order valence-corrected chi connectivity index (χ4v) is 2.90. The molecule has 0 N–H and O–H groups in total. The number of aromatic nitrogens is 2. The Morgan fingerprint density at radius 3 is 2.59 bits per heavy atom. The largest absolute Gasteiger partial charge is 0.366 e. The Labute approximate surface area is 129 Å². The number of fused-ring (bicyclic) bond motifs is 1. The topological polar surface area (TPSA) is 77.5 Å². The first-order valence-electron chi connectivity index (χ1n) is 6.46. The summed E-state index contributed by atoms with van der Waals surface area (Å²) >= 11 is 1.11. The molecule has 0 aliphatic rings. The molecular formula is C15H11N3O3S. The minimum absolute atomic E-state index is 0.102. The van der Waals surface area contributed by atoms with Crippen molar-refractivity contribution in [1.82, 2.24) is 9.38 Å². The summed E-state index contributed by atoms with van der Waals surface area (Å²) in [5.74, 6) is 0. The summed E-state index contributed by atoms with van der Waals surface area (Å²) in [6.45, 7) is 1.96. The van der Waals surface area contributed by atoms with Crippen molar-refractivity contribution >= 4 is 23.1 Å². The lowest BCUT2D eigenvalue weighted by molar-refractivity contribution is -0.389. The third-order valence-electron chi connectivity index (χ3n) is 3.10. The predicted molar refractivity (Wildman–Crippen MR) is 83.4 cm³/mol. The van der Waals surface area contributed by atoms with Crippen LogP contribution in [0.2, 0.25) is 0 Å². The van der Waals surface area contributed by atoms with Gasteiger partial charge in [0.05, 0.1) is 4.92 Å². The zero-order chi connectivity index (χ0) is 15.7. The molecule has 2 heterocycles. The molecule has 0 bridgehead atoms.